The second kappa shape index (κ2) is 12.0. The van der Waals surface area contributed by atoms with E-state index in [4.69, 9.17) is 34.5 Å². The number of hydrogen-bond acceptors (Lipinski definition) is 15. The molecule has 1 aromatic heterocycles. The number of aliphatic hydroxyl groups is 6. The molecule has 1 aromatic rings. The number of amides is 1. The van der Waals surface area contributed by atoms with Gasteiger partial charge < -0.3 is 60.1 Å². The van der Waals surface area contributed by atoms with Crippen molar-refractivity contribution < 1.29 is 63.9 Å². The van der Waals surface area contributed by atoms with Crippen LogP contribution in [0.3, 0.4) is 0 Å². The molecule has 17 nitrogen and oxygen atoms in total. The zero-order chi connectivity index (χ0) is 25.7. The SMILES string of the molecule is NC(=O)c1ncn(C2OC(COC(=O)OCCCOC3OC(CO)C(O)C(O)C3O)[C@@H](O)[C@H]2O)n1. The summed E-state index contributed by atoms with van der Waals surface area (Å²) in [6.07, 6.45) is -12.1. The van der Waals surface area contributed by atoms with Crippen LogP contribution in [0.15, 0.2) is 6.33 Å². The predicted octanol–water partition coefficient (Wildman–Crippen LogP) is -4.64. The van der Waals surface area contributed by atoms with Crippen molar-refractivity contribution >= 4 is 12.1 Å². The van der Waals surface area contributed by atoms with Gasteiger partial charge in [-0.05, 0) is 0 Å². The summed E-state index contributed by atoms with van der Waals surface area (Å²) in [6.45, 7) is -1.29. The highest BCUT2D eigenvalue weighted by molar-refractivity contribution is 5.88. The van der Waals surface area contributed by atoms with Gasteiger partial charge in [0.15, 0.2) is 12.5 Å². The van der Waals surface area contributed by atoms with Gasteiger partial charge in [-0.15, -0.1) is 5.10 Å². The fraction of sp³-hybridized carbons (Fsp3) is 0.778. The monoisotopic (exact) mass is 508 g/mol. The Morgan fingerprint density at radius 1 is 0.971 bits per heavy atom. The summed E-state index contributed by atoms with van der Waals surface area (Å²) in [7, 11) is 0. The van der Waals surface area contributed by atoms with E-state index < -0.39 is 80.5 Å². The van der Waals surface area contributed by atoms with E-state index in [-0.39, 0.29) is 25.5 Å². The van der Waals surface area contributed by atoms with Gasteiger partial charge >= 0.3 is 6.16 Å². The van der Waals surface area contributed by atoms with Gasteiger partial charge in [-0.1, -0.05) is 0 Å². The van der Waals surface area contributed by atoms with Gasteiger partial charge in [-0.25, -0.2) is 14.5 Å². The topological polar surface area (TPSA) is 258 Å². The number of carbonyl (C=O) groups excluding carboxylic acids is 2. The zero-order valence-corrected chi connectivity index (χ0v) is 18.3. The fourth-order valence-electron chi connectivity index (χ4n) is 3.41. The first-order valence-corrected chi connectivity index (χ1v) is 10.6. The summed E-state index contributed by atoms with van der Waals surface area (Å²) < 4.78 is 26.6. The molecule has 198 valence electrons. The lowest BCUT2D eigenvalue weighted by Gasteiger charge is -2.39. The number of ether oxygens (including phenoxy) is 5. The van der Waals surface area contributed by atoms with Crippen molar-refractivity contribution in [1.82, 2.24) is 14.8 Å². The number of rotatable bonds is 10. The van der Waals surface area contributed by atoms with Crippen LogP contribution in [0.4, 0.5) is 4.79 Å². The number of aliphatic hydroxyl groups excluding tert-OH is 6. The summed E-state index contributed by atoms with van der Waals surface area (Å²) in [5.74, 6) is -1.20. The maximum atomic E-state index is 11.8. The van der Waals surface area contributed by atoms with Gasteiger partial charge in [0.05, 0.1) is 19.8 Å². The standard InChI is InChI=1S/C18H28N4O13/c19-14(29)15-20-6-22(21-15)16-12(27)10(25)8(34-16)5-33-18(30)32-3-1-2-31-17-13(28)11(26)9(24)7(4-23)35-17/h6-13,16-17,23-28H,1-5H2,(H2,19,29)/t7?,8?,9?,10-,11?,12-,13?,16?,17?/m1/s1. The fourth-order valence-corrected chi connectivity index (χ4v) is 3.41. The Balaban J connectivity index is 1.35. The molecule has 0 saturated carbocycles. The van der Waals surface area contributed by atoms with Crippen LogP contribution in [-0.2, 0) is 23.7 Å². The number of primary amides is 1. The Labute approximate surface area is 197 Å². The molecule has 9 atom stereocenters. The number of nitrogens with two attached hydrogens (primary N) is 1. The molecule has 7 unspecified atom stereocenters. The molecular weight excluding hydrogens is 480 g/mol. The van der Waals surface area contributed by atoms with E-state index in [2.05, 4.69) is 10.1 Å². The van der Waals surface area contributed by atoms with E-state index >= 15 is 0 Å². The molecule has 0 radical (unpaired) electrons. The van der Waals surface area contributed by atoms with Crippen LogP contribution in [0.5, 0.6) is 0 Å². The average molecular weight is 508 g/mol. The van der Waals surface area contributed by atoms with E-state index in [1.165, 1.54) is 0 Å². The normalized spacial score (nSPS) is 35.1. The van der Waals surface area contributed by atoms with Gasteiger partial charge in [0.2, 0.25) is 5.82 Å². The molecular formula is C18H28N4O13. The maximum absolute atomic E-state index is 11.8. The second-order valence-electron chi connectivity index (χ2n) is 7.79. The van der Waals surface area contributed by atoms with E-state index in [1.807, 2.05) is 0 Å². The molecule has 2 saturated heterocycles. The molecule has 35 heavy (non-hydrogen) atoms. The number of carbonyl (C=O) groups is 2. The summed E-state index contributed by atoms with van der Waals surface area (Å²) in [6, 6.07) is 0. The van der Waals surface area contributed by atoms with Crippen LogP contribution >= 0.6 is 0 Å². The summed E-state index contributed by atoms with van der Waals surface area (Å²) in [5, 5.41) is 62.4. The molecule has 0 spiro atoms. The first-order chi connectivity index (χ1) is 16.6. The Morgan fingerprint density at radius 2 is 1.69 bits per heavy atom. The second-order valence-corrected chi connectivity index (χ2v) is 7.79. The molecule has 0 aromatic carbocycles. The minimum atomic E-state index is -1.57. The van der Waals surface area contributed by atoms with Crippen molar-refractivity contribution in [3.63, 3.8) is 0 Å². The van der Waals surface area contributed by atoms with Crippen molar-refractivity contribution in [3.8, 4) is 0 Å². The van der Waals surface area contributed by atoms with E-state index in [1.54, 1.807) is 0 Å². The van der Waals surface area contributed by atoms with E-state index in [0.29, 0.717) is 0 Å². The third-order valence-corrected chi connectivity index (χ3v) is 5.33. The van der Waals surface area contributed by atoms with E-state index in [9.17, 15) is 35.1 Å². The Hall–Kier alpha value is -2.48. The van der Waals surface area contributed by atoms with Crippen LogP contribution in [0.2, 0.25) is 0 Å². The Bertz CT molecular complexity index is 854. The highest BCUT2D eigenvalue weighted by atomic mass is 16.7. The third kappa shape index (κ3) is 6.40. The lowest BCUT2D eigenvalue weighted by Crippen LogP contribution is -2.59. The molecule has 3 rings (SSSR count). The third-order valence-electron chi connectivity index (χ3n) is 5.33. The summed E-state index contributed by atoms with van der Waals surface area (Å²) in [4.78, 5) is 26.5. The largest absolute Gasteiger partial charge is 0.508 e. The number of aromatic nitrogens is 3. The molecule has 0 aliphatic carbocycles. The summed E-state index contributed by atoms with van der Waals surface area (Å²) in [5.41, 5.74) is 5.07. The molecule has 8 N–H and O–H groups in total. The minimum absolute atomic E-state index is 0.0700. The lowest BCUT2D eigenvalue weighted by molar-refractivity contribution is -0.301. The molecule has 0 bridgehead atoms. The Kier molecular flexibility index (Phi) is 9.27. The van der Waals surface area contributed by atoms with Crippen molar-refractivity contribution in [2.45, 2.75) is 61.7 Å². The van der Waals surface area contributed by atoms with Gasteiger partial charge in [-0.3, -0.25) is 4.79 Å². The molecule has 3 heterocycles. The number of hydrogen-bond donors (Lipinski definition) is 7. The minimum Gasteiger partial charge on any atom is -0.434 e. The highest BCUT2D eigenvalue weighted by Crippen LogP contribution is 2.29. The molecule has 1 amide bonds. The average Bonchev–Trinajstić information content (AvgIpc) is 3.43. The van der Waals surface area contributed by atoms with Crippen LogP contribution < -0.4 is 5.73 Å². The van der Waals surface area contributed by atoms with Gasteiger partial charge in [0.1, 0.15) is 55.7 Å². The maximum Gasteiger partial charge on any atom is 0.508 e. The quantitative estimate of drug-likeness (QED) is 0.116. The highest BCUT2D eigenvalue weighted by Gasteiger charge is 2.45. The van der Waals surface area contributed by atoms with E-state index in [0.717, 1.165) is 11.0 Å². The predicted molar refractivity (Wildman–Crippen MR) is 106 cm³/mol. The van der Waals surface area contributed by atoms with Crippen LogP contribution in [0.25, 0.3) is 0 Å². The first-order valence-electron chi connectivity index (χ1n) is 10.6. The van der Waals surface area contributed by atoms with Crippen LogP contribution in [-0.4, -0.2) is 133 Å². The Morgan fingerprint density at radius 3 is 2.34 bits per heavy atom. The molecule has 2 fully saturated rings. The zero-order valence-electron chi connectivity index (χ0n) is 18.3. The first kappa shape index (κ1) is 27.1. The van der Waals surface area contributed by atoms with Crippen molar-refractivity contribution in [1.29, 1.82) is 0 Å². The molecule has 17 heteroatoms. The van der Waals surface area contributed by atoms with Crippen LogP contribution in [0.1, 0.15) is 23.3 Å². The molecule has 2 aliphatic rings. The van der Waals surface area contributed by atoms with Gasteiger partial charge in [-0.2, -0.15) is 0 Å². The van der Waals surface area contributed by atoms with Gasteiger partial charge in [0.25, 0.3) is 5.91 Å². The molecule has 2 aliphatic heterocycles. The van der Waals surface area contributed by atoms with Gasteiger partial charge in [0, 0.05) is 6.42 Å². The van der Waals surface area contributed by atoms with Crippen LogP contribution in [0, 0.1) is 0 Å². The lowest BCUT2D eigenvalue weighted by atomic mass is 9.99. The van der Waals surface area contributed by atoms with Crippen molar-refractivity contribution in [3.05, 3.63) is 12.2 Å². The summed E-state index contributed by atoms with van der Waals surface area (Å²) >= 11 is 0. The van der Waals surface area contributed by atoms with Crippen molar-refractivity contribution in [2.75, 3.05) is 26.4 Å². The smallest absolute Gasteiger partial charge is 0.434 e. The van der Waals surface area contributed by atoms with Crippen molar-refractivity contribution in [2.24, 2.45) is 5.73 Å². The number of nitrogens with zero attached hydrogens (tertiary/aromatic N) is 3.